The summed E-state index contributed by atoms with van der Waals surface area (Å²) in [6, 6.07) is 8.30. The Bertz CT molecular complexity index is 462. The fourth-order valence-corrected chi connectivity index (χ4v) is 1.70. The minimum Gasteiger partial charge on any atom is -0.240 e. The lowest BCUT2D eigenvalue weighted by Gasteiger charge is -2.08. The third-order valence-corrected chi connectivity index (χ3v) is 2.57. The topological polar surface area (TPSA) is 25.8 Å². The number of hydrogen-bond acceptors (Lipinski definition) is 2. The Morgan fingerprint density at radius 2 is 1.81 bits per heavy atom. The molecular formula is C12H10ClFN2. The number of benzene rings is 1. The molecule has 0 fully saturated rings. The van der Waals surface area contributed by atoms with E-state index in [0.717, 1.165) is 0 Å². The minimum atomic E-state index is -0.405. The predicted molar refractivity (Wildman–Crippen MR) is 60.7 cm³/mol. The number of hydrogen-bond donors (Lipinski definition) is 0. The summed E-state index contributed by atoms with van der Waals surface area (Å²) >= 11 is 6.12. The Morgan fingerprint density at radius 3 is 2.50 bits per heavy atom. The third-order valence-electron chi connectivity index (χ3n) is 2.22. The van der Waals surface area contributed by atoms with E-state index in [1.807, 2.05) is 0 Å². The smallest absolute Gasteiger partial charge is 0.146 e. The number of halogens is 2. The molecule has 0 amide bonds. The van der Waals surface area contributed by atoms with Crippen molar-refractivity contribution in [1.82, 2.24) is 9.97 Å². The van der Waals surface area contributed by atoms with Gasteiger partial charge in [-0.1, -0.05) is 18.2 Å². The molecule has 2 aromatic rings. The second kappa shape index (κ2) is 5.03. The molecule has 0 radical (unpaired) electrons. The van der Waals surface area contributed by atoms with E-state index in [4.69, 9.17) is 11.6 Å². The largest absolute Gasteiger partial charge is 0.240 e. The summed E-state index contributed by atoms with van der Waals surface area (Å²) in [7, 11) is 0. The summed E-state index contributed by atoms with van der Waals surface area (Å²) in [4.78, 5) is 8.08. The van der Waals surface area contributed by atoms with E-state index in [1.165, 1.54) is 6.07 Å². The van der Waals surface area contributed by atoms with Gasteiger partial charge in [-0.3, -0.25) is 0 Å². The molecule has 0 aliphatic carbocycles. The predicted octanol–water partition coefficient (Wildman–Crippen LogP) is 3.14. The summed E-state index contributed by atoms with van der Waals surface area (Å²) in [5, 5.41) is -0.405. The maximum absolute atomic E-state index is 13.4. The summed E-state index contributed by atoms with van der Waals surface area (Å²) in [6.45, 7) is 0. The van der Waals surface area contributed by atoms with Crippen LogP contribution in [0.5, 0.6) is 0 Å². The van der Waals surface area contributed by atoms with E-state index in [2.05, 4.69) is 9.97 Å². The summed E-state index contributed by atoms with van der Waals surface area (Å²) < 4.78 is 13.4. The van der Waals surface area contributed by atoms with Gasteiger partial charge in [0.15, 0.2) is 0 Å². The van der Waals surface area contributed by atoms with Crippen LogP contribution in [0.3, 0.4) is 0 Å². The molecule has 0 aliphatic rings. The molecule has 2 nitrogen and oxygen atoms in total. The van der Waals surface area contributed by atoms with Crippen LogP contribution in [0.1, 0.15) is 16.8 Å². The summed E-state index contributed by atoms with van der Waals surface area (Å²) in [5.74, 6) is 0.275. The molecule has 0 N–H and O–H groups in total. The lowest BCUT2D eigenvalue weighted by Crippen LogP contribution is -2.02. The van der Waals surface area contributed by atoms with Crippen molar-refractivity contribution in [1.29, 1.82) is 0 Å². The van der Waals surface area contributed by atoms with Crippen molar-refractivity contribution >= 4 is 11.6 Å². The van der Waals surface area contributed by atoms with Gasteiger partial charge in [0.25, 0.3) is 0 Å². The van der Waals surface area contributed by atoms with Crippen molar-refractivity contribution in [3.8, 4) is 0 Å². The van der Waals surface area contributed by atoms with Gasteiger partial charge in [0.05, 0.1) is 5.38 Å². The molecular weight excluding hydrogens is 227 g/mol. The second-order valence-corrected chi connectivity index (χ2v) is 3.90. The first-order chi connectivity index (χ1) is 7.77. The van der Waals surface area contributed by atoms with Crippen LogP contribution in [0.4, 0.5) is 4.39 Å². The Morgan fingerprint density at radius 1 is 1.12 bits per heavy atom. The van der Waals surface area contributed by atoms with Crippen molar-refractivity contribution in [2.75, 3.05) is 0 Å². The molecule has 1 aromatic carbocycles. The minimum absolute atomic E-state index is 0.246. The fourth-order valence-electron chi connectivity index (χ4n) is 1.42. The van der Waals surface area contributed by atoms with Crippen LogP contribution in [-0.4, -0.2) is 9.97 Å². The normalized spacial score (nSPS) is 12.4. The second-order valence-electron chi connectivity index (χ2n) is 3.37. The lowest BCUT2D eigenvalue weighted by molar-refractivity contribution is 0.605. The highest BCUT2D eigenvalue weighted by Gasteiger charge is 2.13. The average Bonchev–Trinajstić information content (AvgIpc) is 2.33. The van der Waals surface area contributed by atoms with E-state index < -0.39 is 5.38 Å². The first-order valence-electron chi connectivity index (χ1n) is 4.92. The molecule has 0 saturated carbocycles. The average molecular weight is 237 g/mol. The fraction of sp³-hybridized carbons (Fsp3) is 0.167. The highest BCUT2D eigenvalue weighted by Crippen LogP contribution is 2.22. The maximum Gasteiger partial charge on any atom is 0.146 e. The number of aromatic nitrogens is 2. The van der Waals surface area contributed by atoms with Gasteiger partial charge in [0, 0.05) is 12.4 Å². The molecule has 16 heavy (non-hydrogen) atoms. The molecule has 2 rings (SSSR count). The Hall–Kier alpha value is -1.48. The number of rotatable bonds is 3. The van der Waals surface area contributed by atoms with E-state index in [-0.39, 0.29) is 5.82 Å². The van der Waals surface area contributed by atoms with Crippen molar-refractivity contribution < 1.29 is 4.39 Å². The Balaban J connectivity index is 2.14. The van der Waals surface area contributed by atoms with Gasteiger partial charge in [0.1, 0.15) is 11.6 Å². The monoisotopic (exact) mass is 236 g/mol. The molecule has 0 bridgehead atoms. The van der Waals surface area contributed by atoms with Crippen LogP contribution in [0.25, 0.3) is 0 Å². The zero-order chi connectivity index (χ0) is 11.4. The van der Waals surface area contributed by atoms with Gasteiger partial charge in [-0.15, -0.1) is 11.6 Å². The van der Waals surface area contributed by atoms with Crippen LogP contribution < -0.4 is 0 Å². The van der Waals surface area contributed by atoms with Crippen molar-refractivity contribution in [3.63, 3.8) is 0 Å². The lowest BCUT2D eigenvalue weighted by atomic mass is 10.1. The van der Waals surface area contributed by atoms with Crippen LogP contribution in [0.15, 0.2) is 42.7 Å². The molecule has 1 heterocycles. The third kappa shape index (κ3) is 2.55. The van der Waals surface area contributed by atoms with E-state index in [1.54, 1.807) is 36.7 Å². The van der Waals surface area contributed by atoms with Crippen LogP contribution in [0.2, 0.25) is 0 Å². The molecule has 1 unspecified atom stereocenters. The van der Waals surface area contributed by atoms with Crippen LogP contribution >= 0.6 is 11.6 Å². The SMILES string of the molecule is Fc1ccccc1CC(Cl)c1ncccn1. The van der Waals surface area contributed by atoms with Gasteiger partial charge >= 0.3 is 0 Å². The first-order valence-corrected chi connectivity index (χ1v) is 5.35. The van der Waals surface area contributed by atoms with Crippen molar-refractivity contribution in [2.45, 2.75) is 11.8 Å². The summed E-state index contributed by atoms with van der Waals surface area (Å²) in [6.07, 6.45) is 3.64. The zero-order valence-corrected chi connectivity index (χ0v) is 9.23. The first kappa shape index (κ1) is 11.0. The maximum atomic E-state index is 13.4. The van der Waals surface area contributed by atoms with Crippen LogP contribution in [-0.2, 0) is 6.42 Å². The van der Waals surface area contributed by atoms with Gasteiger partial charge in [-0.25, -0.2) is 14.4 Å². The molecule has 0 saturated heterocycles. The standard InChI is InChI=1S/C12H10ClFN2/c13-10(12-15-6-3-7-16-12)8-9-4-1-2-5-11(9)14/h1-7,10H,8H2. The molecule has 0 spiro atoms. The molecule has 82 valence electrons. The zero-order valence-electron chi connectivity index (χ0n) is 8.48. The van der Waals surface area contributed by atoms with Gasteiger partial charge in [0.2, 0.25) is 0 Å². The van der Waals surface area contributed by atoms with Gasteiger partial charge < -0.3 is 0 Å². The Kier molecular flexibility index (Phi) is 3.47. The van der Waals surface area contributed by atoms with E-state index >= 15 is 0 Å². The van der Waals surface area contributed by atoms with Crippen molar-refractivity contribution in [3.05, 3.63) is 59.9 Å². The van der Waals surface area contributed by atoms with E-state index in [9.17, 15) is 4.39 Å². The molecule has 4 heteroatoms. The number of nitrogens with zero attached hydrogens (tertiary/aromatic N) is 2. The van der Waals surface area contributed by atoms with Gasteiger partial charge in [-0.05, 0) is 24.1 Å². The van der Waals surface area contributed by atoms with E-state index in [0.29, 0.717) is 17.8 Å². The summed E-state index contributed by atoms with van der Waals surface area (Å²) in [5.41, 5.74) is 0.579. The Labute approximate surface area is 98.1 Å². The van der Waals surface area contributed by atoms with Crippen molar-refractivity contribution in [2.24, 2.45) is 0 Å². The molecule has 1 atom stereocenters. The van der Waals surface area contributed by atoms with Gasteiger partial charge in [-0.2, -0.15) is 0 Å². The quantitative estimate of drug-likeness (QED) is 0.766. The highest BCUT2D eigenvalue weighted by atomic mass is 35.5. The molecule has 1 aromatic heterocycles. The molecule has 0 aliphatic heterocycles. The van der Waals surface area contributed by atoms with Crippen LogP contribution in [0, 0.1) is 5.82 Å². The highest BCUT2D eigenvalue weighted by molar-refractivity contribution is 6.20. The number of alkyl halides is 1.